The van der Waals surface area contributed by atoms with Crippen molar-refractivity contribution >= 4 is 5.96 Å². The lowest BCUT2D eigenvalue weighted by molar-refractivity contribution is -0.113. The summed E-state index contributed by atoms with van der Waals surface area (Å²) >= 11 is 0. The predicted octanol–water partition coefficient (Wildman–Crippen LogP) is 1.46. The zero-order valence-electron chi connectivity index (χ0n) is 11.2. The third-order valence-electron chi connectivity index (χ3n) is 2.51. The van der Waals surface area contributed by atoms with Crippen LogP contribution in [0.25, 0.3) is 0 Å². The second-order valence-electron chi connectivity index (χ2n) is 5.66. The number of hydrogen-bond acceptors (Lipinski definition) is 2. The fourth-order valence-corrected chi connectivity index (χ4v) is 2.00. The van der Waals surface area contributed by atoms with E-state index in [1.54, 1.807) is 0 Å². The number of guanidine groups is 1. The Hall–Kier alpha value is -0.770. The zero-order chi connectivity index (χ0) is 12.3. The molecule has 16 heavy (non-hydrogen) atoms. The highest BCUT2D eigenvalue weighted by atomic mass is 16.5. The number of hydrogen-bond donors (Lipinski definition) is 1. The molecular formula is C12H25N3O. The Kier molecular flexibility index (Phi) is 4.19. The van der Waals surface area contributed by atoms with Crippen LogP contribution in [0.1, 0.15) is 34.6 Å². The molecule has 1 heterocycles. The Balaban J connectivity index is 2.62. The van der Waals surface area contributed by atoms with Gasteiger partial charge in [-0.2, -0.15) is 0 Å². The van der Waals surface area contributed by atoms with Crippen LogP contribution < -0.4 is 5.73 Å². The van der Waals surface area contributed by atoms with Crippen molar-refractivity contribution in [1.82, 2.24) is 4.90 Å². The summed E-state index contributed by atoms with van der Waals surface area (Å²) in [6.45, 7) is 13.0. The summed E-state index contributed by atoms with van der Waals surface area (Å²) in [5, 5.41) is 0. The molecule has 1 unspecified atom stereocenters. The highest BCUT2D eigenvalue weighted by Crippen LogP contribution is 2.20. The van der Waals surface area contributed by atoms with Gasteiger partial charge < -0.3 is 15.4 Å². The molecule has 1 rings (SSSR count). The standard InChI is InChI=1S/C12H25N3O/c1-9(2)6-14-11(13)15-7-10(3)16-12(4,5)8-15/h9-10H,6-8H2,1-5H3,(H2,13,14). The van der Waals surface area contributed by atoms with Crippen LogP contribution in [-0.4, -0.2) is 42.2 Å². The van der Waals surface area contributed by atoms with E-state index in [0.29, 0.717) is 11.9 Å². The Morgan fingerprint density at radius 1 is 1.56 bits per heavy atom. The van der Waals surface area contributed by atoms with Crippen LogP contribution in [0.5, 0.6) is 0 Å². The maximum absolute atomic E-state index is 6.00. The van der Waals surface area contributed by atoms with Crippen molar-refractivity contribution in [3.05, 3.63) is 0 Å². The molecule has 0 saturated carbocycles. The van der Waals surface area contributed by atoms with Crippen molar-refractivity contribution in [3.63, 3.8) is 0 Å². The monoisotopic (exact) mass is 227 g/mol. The summed E-state index contributed by atoms with van der Waals surface area (Å²) in [7, 11) is 0. The molecule has 1 saturated heterocycles. The molecule has 2 N–H and O–H groups in total. The number of ether oxygens (including phenoxy) is 1. The maximum atomic E-state index is 6.00. The van der Waals surface area contributed by atoms with Gasteiger partial charge in [0.2, 0.25) is 0 Å². The quantitative estimate of drug-likeness (QED) is 0.574. The van der Waals surface area contributed by atoms with Crippen LogP contribution in [0.4, 0.5) is 0 Å². The van der Waals surface area contributed by atoms with Crippen LogP contribution in [0.2, 0.25) is 0 Å². The molecule has 0 bridgehead atoms. The molecule has 1 aliphatic rings. The average Bonchev–Trinajstić information content (AvgIpc) is 2.10. The lowest BCUT2D eigenvalue weighted by Gasteiger charge is -2.42. The van der Waals surface area contributed by atoms with E-state index in [9.17, 15) is 0 Å². The van der Waals surface area contributed by atoms with Gasteiger partial charge in [-0.1, -0.05) is 13.8 Å². The Morgan fingerprint density at radius 3 is 2.69 bits per heavy atom. The molecule has 0 radical (unpaired) electrons. The maximum Gasteiger partial charge on any atom is 0.191 e. The smallest absolute Gasteiger partial charge is 0.191 e. The highest BCUT2D eigenvalue weighted by molar-refractivity contribution is 5.78. The minimum absolute atomic E-state index is 0.143. The third-order valence-corrected chi connectivity index (χ3v) is 2.51. The van der Waals surface area contributed by atoms with Gasteiger partial charge in [0.05, 0.1) is 11.7 Å². The van der Waals surface area contributed by atoms with Crippen molar-refractivity contribution in [1.29, 1.82) is 0 Å². The summed E-state index contributed by atoms with van der Waals surface area (Å²) < 4.78 is 5.83. The molecule has 0 aliphatic carbocycles. The van der Waals surface area contributed by atoms with Crippen molar-refractivity contribution in [3.8, 4) is 0 Å². The summed E-state index contributed by atoms with van der Waals surface area (Å²) in [4.78, 5) is 6.53. The van der Waals surface area contributed by atoms with Gasteiger partial charge in [0, 0.05) is 19.6 Å². The summed E-state index contributed by atoms with van der Waals surface area (Å²) in [5.74, 6) is 1.20. The van der Waals surface area contributed by atoms with Crippen molar-refractivity contribution < 1.29 is 4.74 Å². The number of rotatable bonds is 2. The minimum Gasteiger partial charge on any atom is -0.370 e. The zero-order valence-corrected chi connectivity index (χ0v) is 11.2. The normalized spacial score (nSPS) is 26.2. The molecule has 0 aromatic carbocycles. The van der Waals surface area contributed by atoms with Gasteiger partial charge in [-0.05, 0) is 26.7 Å². The van der Waals surface area contributed by atoms with E-state index < -0.39 is 0 Å². The van der Waals surface area contributed by atoms with Crippen LogP contribution in [0, 0.1) is 5.92 Å². The lowest BCUT2D eigenvalue weighted by Crippen LogP contribution is -2.55. The molecule has 1 atom stereocenters. The largest absolute Gasteiger partial charge is 0.370 e. The van der Waals surface area contributed by atoms with Crippen molar-refractivity contribution in [2.24, 2.45) is 16.6 Å². The second-order valence-corrected chi connectivity index (χ2v) is 5.66. The molecule has 1 aliphatic heterocycles. The van der Waals surface area contributed by atoms with Gasteiger partial charge in [0.15, 0.2) is 5.96 Å². The number of aliphatic imine (C=N–C) groups is 1. The van der Waals surface area contributed by atoms with Crippen LogP contribution >= 0.6 is 0 Å². The van der Waals surface area contributed by atoms with E-state index in [1.165, 1.54) is 0 Å². The van der Waals surface area contributed by atoms with E-state index >= 15 is 0 Å². The van der Waals surface area contributed by atoms with Gasteiger partial charge in [-0.25, -0.2) is 0 Å². The molecule has 4 nitrogen and oxygen atoms in total. The fourth-order valence-electron chi connectivity index (χ4n) is 2.00. The molecule has 0 spiro atoms. The predicted molar refractivity (Wildman–Crippen MR) is 67.5 cm³/mol. The number of nitrogens with two attached hydrogens (primary N) is 1. The van der Waals surface area contributed by atoms with Gasteiger partial charge in [0.1, 0.15) is 0 Å². The topological polar surface area (TPSA) is 50.8 Å². The van der Waals surface area contributed by atoms with E-state index in [0.717, 1.165) is 19.6 Å². The van der Waals surface area contributed by atoms with Crippen LogP contribution in [0.15, 0.2) is 4.99 Å². The Morgan fingerprint density at radius 2 is 2.19 bits per heavy atom. The third kappa shape index (κ3) is 4.00. The SMILES string of the molecule is CC(C)CN=C(N)N1CC(C)OC(C)(C)C1. The van der Waals surface area contributed by atoms with Crippen LogP contribution in [0.3, 0.4) is 0 Å². The lowest BCUT2D eigenvalue weighted by atomic mass is 10.1. The summed E-state index contributed by atoms with van der Waals surface area (Å²) in [5.41, 5.74) is 5.86. The minimum atomic E-state index is -0.143. The van der Waals surface area contributed by atoms with Crippen molar-refractivity contribution in [2.45, 2.75) is 46.3 Å². The van der Waals surface area contributed by atoms with Gasteiger partial charge in [-0.3, -0.25) is 4.99 Å². The van der Waals surface area contributed by atoms with Gasteiger partial charge in [0.25, 0.3) is 0 Å². The molecule has 94 valence electrons. The summed E-state index contributed by atoms with van der Waals surface area (Å²) in [6.07, 6.45) is 0.205. The average molecular weight is 227 g/mol. The fraction of sp³-hybridized carbons (Fsp3) is 0.917. The van der Waals surface area contributed by atoms with E-state index in [-0.39, 0.29) is 11.7 Å². The highest BCUT2D eigenvalue weighted by Gasteiger charge is 2.32. The molecule has 0 aromatic heterocycles. The van der Waals surface area contributed by atoms with E-state index in [2.05, 4.69) is 44.5 Å². The first-order valence-electron chi connectivity index (χ1n) is 6.03. The Labute approximate surface area is 98.9 Å². The second kappa shape index (κ2) is 5.04. The first-order chi connectivity index (χ1) is 7.30. The van der Waals surface area contributed by atoms with Gasteiger partial charge >= 0.3 is 0 Å². The molecule has 0 aromatic rings. The number of morpholine rings is 1. The first kappa shape index (κ1) is 13.3. The van der Waals surface area contributed by atoms with Crippen molar-refractivity contribution in [2.75, 3.05) is 19.6 Å². The molecule has 4 heteroatoms. The van der Waals surface area contributed by atoms with E-state index in [4.69, 9.17) is 10.5 Å². The van der Waals surface area contributed by atoms with Gasteiger partial charge in [-0.15, -0.1) is 0 Å². The van der Waals surface area contributed by atoms with E-state index in [1.807, 2.05) is 0 Å². The first-order valence-corrected chi connectivity index (χ1v) is 6.03. The molecular weight excluding hydrogens is 202 g/mol. The molecule has 0 amide bonds. The number of nitrogens with zero attached hydrogens (tertiary/aromatic N) is 2. The molecule has 1 fully saturated rings. The van der Waals surface area contributed by atoms with Crippen LogP contribution in [-0.2, 0) is 4.74 Å². The Bertz CT molecular complexity index is 261. The summed E-state index contributed by atoms with van der Waals surface area (Å²) in [6, 6.07) is 0.